The number of anilines is 1. The Bertz CT molecular complexity index is 1100. The zero-order valence-electron chi connectivity index (χ0n) is 19.4. The highest BCUT2D eigenvalue weighted by Gasteiger charge is 2.28. The Morgan fingerprint density at radius 2 is 1.79 bits per heavy atom. The standard InChI is InChI=1S/C27H31N3O4/c1-18-23(17-24(34-18)19-11-14-28-15-12-19)26(20-5-3-2-4-6-20)30-22-9-7-21(8-10-22)27(33)29-16-13-25(31)32/h7-12,14-15,17,20,26,30H,2-6,13,16H2,1H3,(H,29,33)(H,31,32). The molecule has 178 valence electrons. The number of hydrogen-bond donors (Lipinski definition) is 3. The summed E-state index contributed by atoms with van der Waals surface area (Å²) in [6.45, 7) is 2.12. The zero-order chi connectivity index (χ0) is 23.9. The van der Waals surface area contributed by atoms with E-state index in [0.717, 1.165) is 41.2 Å². The van der Waals surface area contributed by atoms with Crippen molar-refractivity contribution in [1.29, 1.82) is 0 Å². The summed E-state index contributed by atoms with van der Waals surface area (Å²) < 4.78 is 6.15. The Labute approximate surface area is 199 Å². The van der Waals surface area contributed by atoms with Crippen molar-refractivity contribution in [2.75, 3.05) is 11.9 Å². The van der Waals surface area contributed by atoms with Crippen LogP contribution in [0.4, 0.5) is 5.69 Å². The van der Waals surface area contributed by atoms with Gasteiger partial charge in [-0.2, -0.15) is 0 Å². The Hall–Kier alpha value is -3.61. The monoisotopic (exact) mass is 461 g/mol. The van der Waals surface area contributed by atoms with E-state index in [1.165, 1.54) is 19.3 Å². The molecule has 2 heterocycles. The van der Waals surface area contributed by atoms with Gasteiger partial charge in [0, 0.05) is 41.3 Å². The summed E-state index contributed by atoms with van der Waals surface area (Å²) in [6, 6.07) is 13.5. The van der Waals surface area contributed by atoms with Gasteiger partial charge in [0.1, 0.15) is 11.5 Å². The van der Waals surface area contributed by atoms with Gasteiger partial charge in [-0.3, -0.25) is 14.6 Å². The maximum absolute atomic E-state index is 12.3. The lowest BCUT2D eigenvalue weighted by Crippen LogP contribution is -2.26. The minimum absolute atomic E-state index is 0.0972. The summed E-state index contributed by atoms with van der Waals surface area (Å²) in [5.74, 6) is 1.03. The van der Waals surface area contributed by atoms with Gasteiger partial charge >= 0.3 is 5.97 Å². The lowest BCUT2D eigenvalue weighted by Gasteiger charge is -2.31. The van der Waals surface area contributed by atoms with Crippen molar-refractivity contribution in [3.8, 4) is 11.3 Å². The molecule has 2 aromatic heterocycles. The molecule has 7 heteroatoms. The predicted octanol–water partition coefficient (Wildman–Crippen LogP) is 5.59. The molecule has 0 saturated heterocycles. The second-order valence-electron chi connectivity index (χ2n) is 8.86. The molecule has 3 aromatic rings. The zero-order valence-corrected chi connectivity index (χ0v) is 19.4. The number of amides is 1. The van der Waals surface area contributed by atoms with E-state index < -0.39 is 5.97 Å². The van der Waals surface area contributed by atoms with Crippen molar-refractivity contribution < 1.29 is 19.1 Å². The highest BCUT2D eigenvalue weighted by atomic mass is 16.4. The second-order valence-corrected chi connectivity index (χ2v) is 8.86. The summed E-state index contributed by atoms with van der Waals surface area (Å²) in [6.07, 6.45) is 9.50. The van der Waals surface area contributed by atoms with Crippen molar-refractivity contribution in [1.82, 2.24) is 10.3 Å². The molecule has 1 amide bonds. The van der Waals surface area contributed by atoms with Crippen LogP contribution in [-0.2, 0) is 4.79 Å². The van der Waals surface area contributed by atoms with Crippen LogP contribution in [0.2, 0.25) is 0 Å². The molecule has 0 bridgehead atoms. The van der Waals surface area contributed by atoms with Gasteiger partial charge in [0.2, 0.25) is 0 Å². The number of carboxylic acids is 1. The smallest absolute Gasteiger partial charge is 0.305 e. The first-order valence-corrected chi connectivity index (χ1v) is 11.9. The molecule has 0 radical (unpaired) electrons. The molecule has 0 aliphatic heterocycles. The average Bonchev–Trinajstić information content (AvgIpc) is 3.25. The fraction of sp³-hybridized carbons (Fsp3) is 0.370. The van der Waals surface area contributed by atoms with Crippen LogP contribution in [0.25, 0.3) is 11.3 Å². The SMILES string of the molecule is Cc1oc(-c2ccncc2)cc1C(Nc1ccc(C(=O)NCCC(=O)O)cc1)C1CCCCC1. The maximum atomic E-state index is 12.3. The summed E-state index contributed by atoms with van der Waals surface area (Å²) in [5.41, 5.74) is 3.60. The number of rotatable bonds is 9. The van der Waals surface area contributed by atoms with Gasteiger partial charge in [0.15, 0.2) is 0 Å². The molecule has 1 aromatic carbocycles. The van der Waals surface area contributed by atoms with Crippen molar-refractivity contribution in [3.05, 3.63) is 71.7 Å². The van der Waals surface area contributed by atoms with Crippen LogP contribution in [0.15, 0.2) is 59.3 Å². The highest BCUT2D eigenvalue weighted by Crippen LogP contribution is 2.40. The topological polar surface area (TPSA) is 104 Å². The van der Waals surface area contributed by atoms with E-state index in [-0.39, 0.29) is 24.9 Å². The van der Waals surface area contributed by atoms with Crippen LogP contribution in [0.5, 0.6) is 0 Å². The van der Waals surface area contributed by atoms with Gasteiger partial charge in [-0.05, 0) is 68.1 Å². The molecule has 1 aliphatic carbocycles. The number of nitrogens with zero attached hydrogens (tertiary/aromatic N) is 1. The van der Waals surface area contributed by atoms with Gasteiger partial charge in [-0.25, -0.2) is 0 Å². The largest absolute Gasteiger partial charge is 0.481 e. The molecule has 4 rings (SSSR count). The fourth-order valence-corrected chi connectivity index (χ4v) is 4.66. The quantitative estimate of drug-likeness (QED) is 0.384. The van der Waals surface area contributed by atoms with E-state index >= 15 is 0 Å². The van der Waals surface area contributed by atoms with E-state index in [1.807, 2.05) is 31.2 Å². The average molecular weight is 462 g/mol. The molecule has 1 atom stereocenters. The third-order valence-electron chi connectivity index (χ3n) is 6.47. The third kappa shape index (κ3) is 5.84. The number of aromatic nitrogens is 1. The van der Waals surface area contributed by atoms with Gasteiger partial charge in [-0.1, -0.05) is 19.3 Å². The molecular weight excluding hydrogens is 430 g/mol. The van der Waals surface area contributed by atoms with Crippen molar-refractivity contribution in [3.63, 3.8) is 0 Å². The molecule has 1 aliphatic rings. The number of carbonyl (C=O) groups excluding carboxylic acids is 1. The number of pyridine rings is 1. The number of benzene rings is 1. The number of hydrogen-bond acceptors (Lipinski definition) is 5. The van der Waals surface area contributed by atoms with E-state index in [4.69, 9.17) is 9.52 Å². The van der Waals surface area contributed by atoms with Crippen molar-refractivity contribution in [2.45, 2.75) is 51.5 Å². The van der Waals surface area contributed by atoms with E-state index in [1.54, 1.807) is 24.5 Å². The number of aryl methyl sites for hydroxylation is 1. The number of carboxylic acid groups (broad SMARTS) is 1. The first kappa shape index (κ1) is 23.5. The first-order chi connectivity index (χ1) is 16.5. The molecular formula is C27H31N3O4. The first-order valence-electron chi connectivity index (χ1n) is 11.9. The Balaban J connectivity index is 1.53. The number of nitrogens with one attached hydrogen (secondary N) is 2. The van der Waals surface area contributed by atoms with E-state index in [9.17, 15) is 9.59 Å². The summed E-state index contributed by atoms with van der Waals surface area (Å²) in [4.78, 5) is 27.0. The number of aliphatic carboxylic acids is 1. The molecule has 34 heavy (non-hydrogen) atoms. The van der Waals surface area contributed by atoms with Crippen LogP contribution >= 0.6 is 0 Å². The predicted molar refractivity (Wildman–Crippen MR) is 131 cm³/mol. The Kier molecular flexibility index (Phi) is 7.62. The number of furan rings is 1. The third-order valence-corrected chi connectivity index (χ3v) is 6.47. The fourth-order valence-electron chi connectivity index (χ4n) is 4.66. The molecule has 1 saturated carbocycles. The van der Waals surface area contributed by atoms with Crippen LogP contribution < -0.4 is 10.6 Å². The van der Waals surface area contributed by atoms with E-state index in [0.29, 0.717) is 11.5 Å². The molecule has 7 nitrogen and oxygen atoms in total. The van der Waals surface area contributed by atoms with Gasteiger partial charge in [0.05, 0.1) is 12.5 Å². The lowest BCUT2D eigenvalue weighted by atomic mass is 9.81. The number of carbonyl (C=O) groups is 2. The lowest BCUT2D eigenvalue weighted by molar-refractivity contribution is -0.136. The van der Waals surface area contributed by atoms with Gasteiger partial charge in [0.25, 0.3) is 5.91 Å². The normalized spacial score (nSPS) is 15.0. The summed E-state index contributed by atoms with van der Waals surface area (Å²) >= 11 is 0. The Morgan fingerprint density at radius 3 is 2.47 bits per heavy atom. The minimum atomic E-state index is -0.935. The molecule has 1 unspecified atom stereocenters. The molecule has 0 spiro atoms. The Morgan fingerprint density at radius 1 is 1.09 bits per heavy atom. The van der Waals surface area contributed by atoms with Crippen LogP contribution in [0.1, 0.15) is 66.2 Å². The summed E-state index contributed by atoms with van der Waals surface area (Å²) in [7, 11) is 0. The second kappa shape index (κ2) is 11.0. The van der Waals surface area contributed by atoms with Crippen molar-refractivity contribution >= 4 is 17.6 Å². The van der Waals surface area contributed by atoms with Gasteiger partial charge < -0.3 is 20.2 Å². The van der Waals surface area contributed by atoms with E-state index in [2.05, 4.69) is 21.7 Å². The van der Waals surface area contributed by atoms with Crippen molar-refractivity contribution in [2.24, 2.45) is 5.92 Å². The maximum Gasteiger partial charge on any atom is 0.305 e. The van der Waals surface area contributed by atoms with Crippen LogP contribution in [0.3, 0.4) is 0 Å². The van der Waals surface area contributed by atoms with Crippen LogP contribution in [-0.4, -0.2) is 28.5 Å². The summed E-state index contributed by atoms with van der Waals surface area (Å²) in [5, 5.41) is 15.1. The molecule has 1 fully saturated rings. The van der Waals surface area contributed by atoms with Gasteiger partial charge in [-0.15, -0.1) is 0 Å². The highest BCUT2D eigenvalue weighted by molar-refractivity contribution is 5.94. The molecule has 3 N–H and O–H groups in total. The van der Waals surface area contributed by atoms with Crippen LogP contribution in [0, 0.1) is 12.8 Å². The minimum Gasteiger partial charge on any atom is -0.481 e.